The first-order valence-electron chi connectivity index (χ1n) is 9.15. The van der Waals surface area contributed by atoms with Crippen molar-refractivity contribution in [2.75, 3.05) is 6.54 Å². The van der Waals surface area contributed by atoms with Gasteiger partial charge in [-0.25, -0.2) is 4.98 Å². The molecule has 1 heterocycles. The van der Waals surface area contributed by atoms with Crippen molar-refractivity contribution in [3.05, 3.63) is 28.6 Å². The van der Waals surface area contributed by atoms with Gasteiger partial charge in [-0.05, 0) is 37.8 Å². The van der Waals surface area contributed by atoms with Gasteiger partial charge in [0.05, 0.1) is 5.02 Å². The number of ketones is 1. The van der Waals surface area contributed by atoms with E-state index in [1.165, 1.54) is 0 Å². The molecule has 0 unspecified atom stereocenters. The van der Waals surface area contributed by atoms with Crippen molar-refractivity contribution in [2.24, 2.45) is 17.6 Å². The molecule has 8 nitrogen and oxygen atoms in total. The zero-order chi connectivity index (χ0) is 20.4. The van der Waals surface area contributed by atoms with Gasteiger partial charge in [-0.1, -0.05) is 11.6 Å². The zero-order valence-electron chi connectivity index (χ0n) is 15.4. The summed E-state index contributed by atoms with van der Waals surface area (Å²) in [5, 5.41) is 11.8. The van der Waals surface area contributed by atoms with Gasteiger partial charge in [0.1, 0.15) is 11.6 Å². The Balaban J connectivity index is 1.49. The molecule has 1 amide bonds. The summed E-state index contributed by atoms with van der Waals surface area (Å²) in [7, 11) is 0. The van der Waals surface area contributed by atoms with Crippen LogP contribution in [0.5, 0.6) is 0 Å². The lowest BCUT2D eigenvalue weighted by atomic mass is 10.1. The Morgan fingerprint density at radius 1 is 1.36 bits per heavy atom. The fourth-order valence-electron chi connectivity index (χ4n) is 3.19. The number of fused-ring (bicyclic) bond motifs is 1. The Hall–Kier alpha value is -2.45. The number of aliphatic carboxylic acids is 1. The number of aryl methyl sites for hydroxylation is 1. The zero-order valence-corrected chi connectivity index (χ0v) is 16.2. The van der Waals surface area contributed by atoms with Crippen molar-refractivity contribution in [1.82, 2.24) is 10.3 Å². The van der Waals surface area contributed by atoms with Crippen LogP contribution in [0.4, 0.5) is 0 Å². The summed E-state index contributed by atoms with van der Waals surface area (Å²) < 4.78 is 5.40. The number of hydrogen-bond acceptors (Lipinski definition) is 6. The van der Waals surface area contributed by atoms with Crippen molar-refractivity contribution in [3.8, 4) is 0 Å². The number of rotatable bonds is 9. The molecule has 3 atom stereocenters. The first kappa shape index (κ1) is 20.3. The molecule has 0 bridgehead atoms. The van der Waals surface area contributed by atoms with Crippen LogP contribution in [0.2, 0.25) is 5.02 Å². The molecule has 1 aliphatic carbocycles. The standard InChI is InChI=1S/C19H22ClN3O5/c1-9-23-15-7-10(6-13(20)17(15)28-9)16(24)11-8-12(11)18(25)22-5-3-2-4-14(21)19(26)27/h6-7,11-12,14H,2-5,8,21H2,1H3,(H,22,25)(H,26,27)/t11-,12-,14-/m0/s1. The summed E-state index contributed by atoms with van der Waals surface area (Å²) in [6, 6.07) is 2.31. The predicted molar refractivity (Wildman–Crippen MR) is 102 cm³/mol. The molecule has 0 aliphatic heterocycles. The van der Waals surface area contributed by atoms with Crippen LogP contribution in [0, 0.1) is 18.8 Å². The second-order valence-corrected chi connectivity index (χ2v) is 7.49. The molecule has 9 heteroatoms. The van der Waals surface area contributed by atoms with E-state index in [2.05, 4.69) is 10.3 Å². The Morgan fingerprint density at radius 2 is 2.11 bits per heavy atom. The van der Waals surface area contributed by atoms with Crippen LogP contribution in [0.15, 0.2) is 16.5 Å². The second kappa shape index (κ2) is 8.28. The molecular formula is C19H22ClN3O5. The Labute approximate surface area is 166 Å². The molecule has 0 saturated heterocycles. The highest BCUT2D eigenvalue weighted by Crippen LogP contribution is 2.42. The number of hydrogen-bond donors (Lipinski definition) is 3. The maximum absolute atomic E-state index is 12.7. The molecule has 3 rings (SSSR count). The highest BCUT2D eigenvalue weighted by Gasteiger charge is 2.48. The monoisotopic (exact) mass is 407 g/mol. The number of Topliss-reactive ketones (excluding diaryl/α,β-unsaturated/α-hetero) is 1. The molecule has 1 aliphatic rings. The number of carbonyl (C=O) groups is 3. The van der Waals surface area contributed by atoms with Gasteiger partial charge >= 0.3 is 5.97 Å². The minimum Gasteiger partial charge on any atom is -0.480 e. The molecule has 4 N–H and O–H groups in total. The van der Waals surface area contributed by atoms with Crippen molar-refractivity contribution in [1.29, 1.82) is 0 Å². The third kappa shape index (κ3) is 4.51. The van der Waals surface area contributed by atoms with Gasteiger partial charge in [0.2, 0.25) is 5.91 Å². The average Bonchev–Trinajstić information content (AvgIpc) is 3.35. The highest BCUT2D eigenvalue weighted by molar-refractivity contribution is 6.35. The summed E-state index contributed by atoms with van der Waals surface area (Å²) in [5.41, 5.74) is 6.82. The van der Waals surface area contributed by atoms with Gasteiger partial charge in [0.25, 0.3) is 0 Å². The third-order valence-electron chi connectivity index (χ3n) is 4.86. The molecule has 1 aromatic heterocycles. The van der Waals surface area contributed by atoms with Crippen molar-refractivity contribution in [2.45, 2.75) is 38.6 Å². The number of nitrogens with two attached hydrogens (primary N) is 1. The highest BCUT2D eigenvalue weighted by atomic mass is 35.5. The second-order valence-electron chi connectivity index (χ2n) is 7.08. The number of amides is 1. The summed E-state index contributed by atoms with van der Waals surface area (Å²) in [4.78, 5) is 39.7. The first-order chi connectivity index (χ1) is 13.3. The van der Waals surface area contributed by atoms with Gasteiger partial charge < -0.3 is 20.6 Å². The van der Waals surface area contributed by atoms with Gasteiger partial charge in [0, 0.05) is 30.9 Å². The summed E-state index contributed by atoms with van der Waals surface area (Å²) in [6.45, 7) is 2.13. The minimum atomic E-state index is -1.03. The number of carbonyl (C=O) groups excluding carboxylic acids is 2. The molecule has 150 valence electrons. The van der Waals surface area contributed by atoms with E-state index in [4.69, 9.17) is 26.9 Å². The van der Waals surface area contributed by atoms with E-state index in [1.54, 1.807) is 19.1 Å². The smallest absolute Gasteiger partial charge is 0.320 e. The van der Waals surface area contributed by atoms with Crippen LogP contribution < -0.4 is 11.1 Å². The third-order valence-corrected chi connectivity index (χ3v) is 5.14. The average molecular weight is 408 g/mol. The summed E-state index contributed by atoms with van der Waals surface area (Å²) >= 11 is 6.17. The maximum Gasteiger partial charge on any atom is 0.320 e. The van der Waals surface area contributed by atoms with Gasteiger partial charge in [-0.3, -0.25) is 14.4 Å². The number of carboxylic acids is 1. The quantitative estimate of drug-likeness (QED) is 0.428. The lowest BCUT2D eigenvalue weighted by Gasteiger charge is -2.07. The van der Waals surface area contributed by atoms with E-state index < -0.39 is 12.0 Å². The van der Waals surface area contributed by atoms with E-state index in [1.807, 2.05) is 0 Å². The van der Waals surface area contributed by atoms with Crippen molar-refractivity contribution >= 4 is 40.4 Å². The number of aromatic nitrogens is 1. The largest absolute Gasteiger partial charge is 0.480 e. The summed E-state index contributed by atoms with van der Waals surface area (Å²) in [5.74, 6) is -1.55. The lowest BCUT2D eigenvalue weighted by Crippen LogP contribution is -2.30. The Kier molecular flexibility index (Phi) is 6.00. The number of oxazole rings is 1. The number of unbranched alkanes of at least 4 members (excludes halogenated alkanes) is 1. The molecule has 1 saturated carbocycles. The van der Waals surface area contributed by atoms with Crippen LogP contribution >= 0.6 is 11.6 Å². The molecule has 0 radical (unpaired) electrons. The number of benzene rings is 1. The van der Waals surface area contributed by atoms with E-state index in [0.29, 0.717) is 59.8 Å². The Morgan fingerprint density at radius 3 is 2.82 bits per heavy atom. The fraction of sp³-hybridized carbons (Fsp3) is 0.474. The first-order valence-corrected chi connectivity index (χ1v) is 9.52. The number of carboxylic acid groups (broad SMARTS) is 1. The van der Waals surface area contributed by atoms with Crippen LogP contribution in [-0.2, 0) is 9.59 Å². The molecule has 28 heavy (non-hydrogen) atoms. The molecular weight excluding hydrogens is 386 g/mol. The van der Waals surface area contributed by atoms with E-state index >= 15 is 0 Å². The molecule has 0 spiro atoms. The maximum atomic E-state index is 12.7. The van der Waals surface area contributed by atoms with Crippen LogP contribution in [0.25, 0.3) is 11.1 Å². The van der Waals surface area contributed by atoms with Crippen molar-refractivity contribution < 1.29 is 23.9 Å². The predicted octanol–water partition coefficient (Wildman–Crippen LogP) is 2.31. The summed E-state index contributed by atoms with van der Waals surface area (Å²) in [6.07, 6.45) is 2.11. The molecule has 1 fully saturated rings. The van der Waals surface area contributed by atoms with Crippen LogP contribution in [0.3, 0.4) is 0 Å². The SMILES string of the molecule is Cc1nc2cc(C(=O)[C@H]3C[C@@H]3C(=O)NCCCC[C@H](N)C(=O)O)cc(Cl)c2o1. The van der Waals surface area contributed by atoms with Gasteiger partial charge in [-0.15, -0.1) is 0 Å². The van der Waals surface area contributed by atoms with Crippen molar-refractivity contribution in [3.63, 3.8) is 0 Å². The Bertz CT molecular complexity index is 926. The lowest BCUT2D eigenvalue weighted by molar-refractivity contribution is -0.138. The number of nitrogens with one attached hydrogen (secondary N) is 1. The number of nitrogens with zero attached hydrogens (tertiary/aromatic N) is 1. The minimum absolute atomic E-state index is 0.128. The molecule has 2 aromatic rings. The topological polar surface area (TPSA) is 136 Å². The fourth-order valence-corrected chi connectivity index (χ4v) is 3.44. The van der Waals surface area contributed by atoms with E-state index in [9.17, 15) is 14.4 Å². The van der Waals surface area contributed by atoms with Crippen LogP contribution in [0.1, 0.15) is 41.9 Å². The normalized spacial score (nSPS) is 19.4. The van der Waals surface area contributed by atoms with Gasteiger partial charge in [-0.2, -0.15) is 0 Å². The molecule has 1 aromatic carbocycles. The van der Waals surface area contributed by atoms with E-state index in [-0.39, 0.29) is 23.5 Å². The van der Waals surface area contributed by atoms with Crippen LogP contribution in [-0.4, -0.2) is 40.3 Å². The number of halogens is 1. The van der Waals surface area contributed by atoms with Gasteiger partial charge in [0.15, 0.2) is 17.3 Å². The van der Waals surface area contributed by atoms with E-state index in [0.717, 1.165) is 0 Å².